The van der Waals surface area contributed by atoms with Crippen LogP contribution in [0.2, 0.25) is 0 Å². The minimum atomic E-state index is 0.837. The average molecular weight is 741 g/mol. The van der Waals surface area contributed by atoms with Crippen LogP contribution in [0, 0.1) is 0 Å². The lowest BCUT2D eigenvalue weighted by Crippen LogP contribution is -1.96. The quantitative estimate of drug-likeness (QED) is 0.156. The Bertz CT molecular complexity index is 2680. The molecule has 0 bridgehead atoms. The lowest BCUT2D eigenvalue weighted by Gasteiger charge is -2.13. The highest BCUT2D eigenvalue weighted by molar-refractivity contribution is 5.88. The number of pyridine rings is 2. The Morgan fingerprint density at radius 2 is 0.448 bits per heavy atom. The molecule has 4 heteroatoms. The second-order valence-electron chi connectivity index (χ2n) is 14.3. The second kappa shape index (κ2) is 15.4. The van der Waals surface area contributed by atoms with Crippen molar-refractivity contribution < 1.29 is 0 Å². The average Bonchev–Trinajstić information content (AvgIpc) is 3.32. The van der Waals surface area contributed by atoms with Crippen molar-refractivity contribution in [3.05, 3.63) is 218 Å². The number of hydrogen-bond acceptors (Lipinski definition) is 4. The van der Waals surface area contributed by atoms with Crippen molar-refractivity contribution in [3.63, 3.8) is 0 Å². The number of nitrogens with zero attached hydrogens (tertiary/aromatic N) is 4. The van der Waals surface area contributed by atoms with Gasteiger partial charge in [-0.1, -0.05) is 182 Å². The summed E-state index contributed by atoms with van der Waals surface area (Å²) in [5.41, 5.74) is 17.8. The Morgan fingerprint density at radius 3 is 0.741 bits per heavy atom. The van der Waals surface area contributed by atoms with E-state index in [4.69, 9.17) is 19.9 Å². The van der Waals surface area contributed by atoms with Gasteiger partial charge < -0.3 is 0 Å². The van der Waals surface area contributed by atoms with Gasteiger partial charge in [-0.05, 0) is 58.7 Å². The van der Waals surface area contributed by atoms with E-state index in [1.807, 2.05) is 48.5 Å². The normalized spacial score (nSPS) is 11.1. The minimum absolute atomic E-state index is 0.837. The summed E-state index contributed by atoms with van der Waals surface area (Å²) < 4.78 is 0. The third-order valence-electron chi connectivity index (χ3n) is 10.5. The van der Waals surface area contributed by atoms with Crippen molar-refractivity contribution in [2.45, 2.75) is 0 Å². The number of hydrogen-bond donors (Lipinski definition) is 0. The predicted octanol–water partition coefficient (Wildman–Crippen LogP) is 13.8. The van der Waals surface area contributed by atoms with Gasteiger partial charge in [-0.2, -0.15) is 0 Å². The molecular weight excluding hydrogens is 705 g/mol. The molecule has 4 nitrogen and oxygen atoms in total. The van der Waals surface area contributed by atoms with Crippen LogP contribution in [0.3, 0.4) is 0 Å². The van der Waals surface area contributed by atoms with Gasteiger partial charge in [0.05, 0.1) is 45.2 Å². The molecule has 0 N–H and O–H groups in total. The van der Waals surface area contributed by atoms with E-state index in [0.717, 1.165) is 101 Å². The lowest BCUT2D eigenvalue weighted by molar-refractivity contribution is 1.29. The van der Waals surface area contributed by atoms with Crippen LogP contribution in [0.5, 0.6) is 0 Å². The third kappa shape index (κ3) is 7.07. The standard InChI is InChI=1S/C54H36N4/c1-5-15-39(16-6-1)49-33-45(34-50(55-49)40-17-7-2-8-18-40)37-25-29-43(30-26-37)53-54(58-48-24-14-13-23-47(48)57-53)44-31-27-38(28-32-44)46-35-51(41-19-9-3-10-20-41)56-52(36-46)42-21-11-4-12-22-42/h1-36H. The van der Waals surface area contributed by atoms with Gasteiger partial charge >= 0.3 is 0 Å². The van der Waals surface area contributed by atoms with Crippen molar-refractivity contribution in [1.29, 1.82) is 0 Å². The fourth-order valence-electron chi connectivity index (χ4n) is 7.47. The van der Waals surface area contributed by atoms with Gasteiger partial charge in [0.2, 0.25) is 0 Å². The molecule has 272 valence electrons. The molecule has 0 amide bonds. The summed E-state index contributed by atoms with van der Waals surface area (Å²) in [6.07, 6.45) is 0. The van der Waals surface area contributed by atoms with Crippen molar-refractivity contribution in [1.82, 2.24) is 19.9 Å². The molecule has 0 aliphatic carbocycles. The zero-order valence-corrected chi connectivity index (χ0v) is 31.6. The largest absolute Gasteiger partial charge is 0.248 e. The molecule has 0 radical (unpaired) electrons. The minimum Gasteiger partial charge on any atom is -0.248 e. The number of fused-ring (bicyclic) bond motifs is 1. The van der Waals surface area contributed by atoms with Gasteiger partial charge in [-0.25, -0.2) is 19.9 Å². The van der Waals surface area contributed by atoms with E-state index >= 15 is 0 Å². The molecule has 3 aromatic heterocycles. The van der Waals surface area contributed by atoms with Gasteiger partial charge in [0.1, 0.15) is 0 Å². The maximum absolute atomic E-state index is 5.22. The number of benzene rings is 7. The fourth-order valence-corrected chi connectivity index (χ4v) is 7.47. The molecule has 3 heterocycles. The molecule has 0 fully saturated rings. The van der Waals surface area contributed by atoms with Crippen LogP contribution in [-0.2, 0) is 0 Å². The molecule has 0 spiro atoms. The van der Waals surface area contributed by atoms with E-state index in [9.17, 15) is 0 Å². The monoisotopic (exact) mass is 740 g/mol. The Kier molecular flexibility index (Phi) is 9.18. The third-order valence-corrected chi connectivity index (χ3v) is 10.5. The summed E-state index contributed by atoms with van der Waals surface area (Å²) >= 11 is 0. The van der Waals surface area contributed by atoms with E-state index in [0.29, 0.717) is 0 Å². The second-order valence-corrected chi connectivity index (χ2v) is 14.3. The summed E-state index contributed by atoms with van der Waals surface area (Å²) in [6.45, 7) is 0. The first kappa shape index (κ1) is 34.7. The zero-order chi connectivity index (χ0) is 38.7. The van der Waals surface area contributed by atoms with Crippen molar-refractivity contribution in [2.75, 3.05) is 0 Å². The molecule has 0 aliphatic heterocycles. The van der Waals surface area contributed by atoms with Crippen molar-refractivity contribution in [3.8, 4) is 89.8 Å². The Hall–Kier alpha value is -7.82. The molecule has 0 saturated carbocycles. The Morgan fingerprint density at radius 1 is 0.190 bits per heavy atom. The van der Waals surface area contributed by atoms with Gasteiger partial charge in [0.25, 0.3) is 0 Å². The van der Waals surface area contributed by atoms with Gasteiger partial charge in [-0.3, -0.25) is 0 Å². The number of aromatic nitrogens is 4. The van der Waals surface area contributed by atoms with Crippen LogP contribution < -0.4 is 0 Å². The molecule has 10 rings (SSSR count). The Labute approximate surface area is 337 Å². The molecule has 0 saturated heterocycles. The molecule has 0 unspecified atom stereocenters. The maximum Gasteiger partial charge on any atom is 0.0973 e. The first-order valence-corrected chi connectivity index (χ1v) is 19.5. The van der Waals surface area contributed by atoms with Crippen LogP contribution >= 0.6 is 0 Å². The lowest BCUT2D eigenvalue weighted by atomic mass is 9.96. The summed E-state index contributed by atoms with van der Waals surface area (Å²) in [7, 11) is 0. The fraction of sp³-hybridized carbons (Fsp3) is 0. The summed E-state index contributed by atoms with van der Waals surface area (Å²) in [5.74, 6) is 0. The first-order valence-electron chi connectivity index (χ1n) is 19.5. The maximum atomic E-state index is 5.22. The predicted molar refractivity (Wildman–Crippen MR) is 239 cm³/mol. The van der Waals surface area contributed by atoms with Gasteiger partial charge in [-0.15, -0.1) is 0 Å². The van der Waals surface area contributed by atoms with Crippen molar-refractivity contribution >= 4 is 11.0 Å². The number of para-hydroxylation sites is 2. The van der Waals surface area contributed by atoms with Crippen LogP contribution in [0.25, 0.3) is 101 Å². The molecular formula is C54H36N4. The SMILES string of the molecule is c1ccc(-c2cc(-c3ccc(-c4nc5ccccc5nc4-c4ccc(-c5cc(-c6ccccc6)nc(-c6ccccc6)c5)cc4)cc3)cc(-c3ccccc3)n2)cc1. The summed E-state index contributed by atoms with van der Waals surface area (Å²) in [4.78, 5) is 20.6. The van der Waals surface area contributed by atoms with E-state index in [-0.39, 0.29) is 0 Å². The van der Waals surface area contributed by atoms with Gasteiger partial charge in [0.15, 0.2) is 0 Å². The van der Waals surface area contributed by atoms with Crippen LogP contribution in [-0.4, -0.2) is 19.9 Å². The van der Waals surface area contributed by atoms with E-state index in [1.54, 1.807) is 0 Å². The molecule has 0 atom stereocenters. The highest BCUT2D eigenvalue weighted by Gasteiger charge is 2.16. The molecule has 7 aromatic carbocycles. The van der Waals surface area contributed by atoms with E-state index in [2.05, 4.69) is 170 Å². The summed E-state index contributed by atoms with van der Waals surface area (Å²) in [5, 5.41) is 0. The van der Waals surface area contributed by atoms with E-state index < -0.39 is 0 Å². The van der Waals surface area contributed by atoms with Crippen LogP contribution in [0.15, 0.2) is 218 Å². The number of rotatable bonds is 8. The van der Waals surface area contributed by atoms with Crippen molar-refractivity contribution in [2.24, 2.45) is 0 Å². The van der Waals surface area contributed by atoms with Crippen LogP contribution in [0.4, 0.5) is 0 Å². The Balaban J connectivity index is 1.04. The topological polar surface area (TPSA) is 51.6 Å². The summed E-state index contributed by atoms with van der Waals surface area (Å²) in [6, 6.07) is 75.6. The zero-order valence-electron chi connectivity index (χ0n) is 31.6. The van der Waals surface area contributed by atoms with Gasteiger partial charge in [0, 0.05) is 33.4 Å². The molecule has 10 aromatic rings. The molecule has 58 heavy (non-hydrogen) atoms. The first-order chi connectivity index (χ1) is 28.7. The van der Waals surface area contributed by atoms with Crippen LogP contribution in [0.1, 0.15) is 0 Å². The van der Waals surface area contributed by atoms with E-state index in [1.165, 1.54) is 0 Å². The highest BCUT2D eigenvalue weighted by Crippen LogP contribution is 2.36. The molecule has 0 aliphatic rings. The highest BCUT2D eigenvalue weighted by atomic mass is 14.8. The smallest absolute Gasteiger partial charge is 0.0973 e.